The van der Waals surface area contributed by atoms with Crippen molar-refractivity contribution < 1.29 is 42.6 Å². The molecule has 0 spiro atoms. The average molecular weight is 525 g/mol. The molecule has 0 aromatic carbocycles. The first-order valence-corrected chi connectivity index (χ1v) is 13.4. The zero-order chi connectivity index (χ0) is 25.8. The highest BCUT2D eigenvalue weighted by atomic mass is 16.6. The van der Waals surface area contributed by atoms with Crippen LogP contribution in [0.5, 0.6) is 0 Å². The van der Waals surface area contributed by atoms with E-state index in [2.05, 4.69) is 10.2 Å². The predicted octanol–water partition coefficient (Wildman–Crippen LogP) is 0.449. The third kappa shape index (κ3) is 25.2. The maximum absolute atomic E-state index is 5.78. The summed E-state index contributed by atoms with van der Waals surface area (Å²) in [5.41, 5.74) is 0. The van der Waals surface area contributed by atoms with Crippen LogP contribution < -0.4 is 5.32 Å². The van der Waals surface area contributed by atoms with Gasteiger partial charge < -0.3 is 52.8 Å². The number of rotatable bonds is 28. The quantitative estimate of drug-likeness (QED) is 0.145. The Kier molecular flexibility index (Phi) is 25.7. The van der Waals surface area contributed by atoms with Crippen molar-refractivity contribution in [3.05, 3.63) is 0 Å². The molecule has 0 aromatic heterocycles. The van der Waals surface area contributed by atoms with E-state index in [0.29, 0.717) is 112 Å². The molecule has 1 aliphatic rings. The fourth-order valence-corrected chi connectivity index (χ4v) is 3.12. The van der Waals surface area contributed by atoms with Crippen LogP contribution in [0.4, 0.5) is 0 Å². The minimum absolute atomic E-state index is 0.379. The number of nitrogens with zero attached hydrogens (tertiary/aromatic N) is 1. The van der Waals surface area contributed by atoms with Gasteiger partial charge in [0.1, 0.15) is 0 Å². The van der Waals surface area contributed by atoms with Crippen molar-refractivity contribution in [1.29, 1.82) is 0 Å². The molecule has 0 aromatic rings. The van der Waals surface area contributed by atoms with E-state index in [1.54, 1.807) is 0 Å². The fraction of sp³-hybridized carbons (Fsp3) is 1.00. The molecule has 0 saturated carbocycles. The van der Waals surface area contributed by atoms with Crippen molar-refractivity contribution >= 4 is 0 Å². The Morgan fingerprint density at radius 2 is 0.778 bits per heavy atom. The number of piperidine rings is 1. The van der Waals surface area contributed by atoms with Gasteiger partial charge in [-0.05, 0) is 40.0 Å². The molecule has 1 rings (SSSR count). The highest BCUT2D eigenvalue weighted by Crippen LogP contribution is 2.06. The standard InChI is InChI=1S/C25H52N2O9/c1-27(2)7-8-28-9-10-29-11-12-30-13-14-31-15-16-32-17-18-33-19-20-34-21-22-35-23-24-36-25-3-5-26-6-4-25/h25-26H,3-24H2,1-2H3. The van der Waals surface area contributed by atoms with E-state index in [0.717, 1.165) is 39.1 Å². The molecule has 36 heavy (non-hydrogen) atoms. The second-order valence-corrected chi connectivity index (χ2v) is 8.52. The summed E-state index contributed by atoms with van der Waals surface area (Å²) in [5.74, 6) is 0. The SMILES string of the molecule is CN(C)CCOCCOCCOCCOCCOCCOCCOCCOCCOC1CCNCC1. The topological polar surface area (TPSA) is 98.3 Å². The molecule has 0 aliphatic carbocycles. The zero-order valence-corrected chi connectivity index (χ0v) is 22.8. The first-order chi connectivity index (χ1) is 17.8. The summed E-state index contributed by atoms with van der Waals surface area (Å²) in [7, 11) is 4.05. The van der Waals surface area contributed by atoms with Gasteiger partial charge >= 0.3 is 0 Å². The van der Waals surface area contributed by atoms with Crippen LogP contribution in [0.3, 0.4) is 0 Å². The lowest BCUT2D eigenvalue weighted by Crippen LogP contribution is -2.33. The molecule has 0 amide bonds. The van der Waals surface area contributed by atoms with E-state index in [-0.39, 0.29) is 0 Å². The minimum Gasteiger partial charge on any atom is -0.378 e. The summed E-state index contributed by atoms with van der Waals surface area (Å²) in [6.45, 7) is 12.8. The van der Waals surface area contributed by atoms with E-state index in [1.165, 1.54) is 0 Å². The first-order valence-electron chi connectivity index (χ1n) is 13.4. The molecule has 0 atom stereocenters. The van der Waals surface area contributed by atoms with Gasteiger partial charge in [0.15, 0.2) is 0 Å². The van der Waals surface area contributed by atoms with E-state index < -0.39 is 0 Å². The molecule has 1 aliphatic heterocycles. The monoisotopic (exact) mass is 524 g/mol. The molecule has 11 heteroatoms. The highest BCUT2D eigenvalue weighted by Gasteiger charge is 2.12. The summed E-state index contributed by atoms with van der Waals surface area (Å²) < 4.78 is 49.5. The number of hydrogen-bond donors (Lipinski definition) is 1. The molecule has 1 heterocycles. The van der Waals surface area contributed by atoms with Crippen LogP contribution in [0.1, 0.15) is 12.8 Å². The molecule has 0 bridgehead atoms. The van der Waals surface area contributed by atoms with E-state index >= 15 is 0 Å². The van der Waals surface area contributed by atoms with Gasteiger partial charge in [-0.1, -0.05) is 0 Å². The Labute approximate surface area is 218 Å². The largest absolute Gasteiger partial charge is 0.378 e. The molecule has 0 unspecified atom stereocenters. The van der Waals surface area contributed by atoms with Gasteiger partial charge in [-0.2, -0.15) is 0 Å². The molecule has 11 nitrogen and oxygen atoms in total. The third-order valence-corrected chi connectivity index (χ3v) is 5.15. The Hall–Kier alpha value is -0.440. The van der Waals surface area contributed by atoms with Gasteiger partial charge in [0.2, 0.25) is 0 Å². The van der Waals surface area contributed by atoms with E-state index in [1.807, 2.05) is 14.1 Å². The number of nitrogens with one attached hydrogen (secondary N) is 1. The maximum atomic E-state index is 5.78. The molecule has 216 valence electrons. The van der Waals surface area contributed by atoms with Gasteiger partial charge in [0.05, 0.1) is 118 Å². The molecular formula is C25H52N2O9. The van der Waals surface area contributed by atoms with Crippen LogP contribution in [0.2, 0.25) is 0 Å². The van der Waals surface area contributed by atoms with Crippen LogP contribution in [0, 0.1) is 0 Å². The van der Waals surface area contributed by atoms with Gasteiger partial charge in [-0.25, -0.2) is 0 Å². The lowest BCUT2D eigenvalue weighted by atomic mass is 10.1. The third-order valence-electron chi connectivity index (χ3n) is 5.15. The highest BCUT2D eigenvalue weighted by molar-refractivity contribution is 4.67. The van der Waals surface area contributed by atoms with Gasteiger partial charge in [-0.15, -0.1) is 0 Å². The first kappa shape index (κ1) is 33.6. The second-order valence-electron chi connectivity index (χ2n) is 8.52. The normalized spacial score (nSPS) is 14.8. The van der Waals surface area contributed by atoms with E-state index in [9.17, 15) is 0 Å². The Bertz CT molecular complexity index is 430. The molecular weight excluding hydrogens is 472 g/mol. The van der Waals surface area contributed by atoms with Crippen molar-refractivity contribution in [2.45, 2.75) is 18.9 Å². The lowest BCUT2D eigenvalue weighted by molar-refractivity contribution is -0.0318. The van der Waals surface area contributed by atoms with Gasteiger partial charge in [-0.3, -0.25) is 0 Å². The Balaban J connectivity index is 1.62. The Morgan fingerprint density at radius 1 is 0.472 bits per heavy atom. The number of hydrogen-bond acceptors (Lipinski definition) is 11. The summed E-state index contributed by atoms with van der Waals surface area (Å²) in [4.78, 5) is 2.09. The maximum Gasteiger partial charge on any atom is 0.0704 e. The van der Waals surface area contributed by atoms with Crippen molar-refractivity contribution in [3.63, 3.8) is 0 Å². The molecule has 1 saturated heterocycles. The van der Waals surface area contributed by atoms with Crippen molar-refractivity contribution in [1.82, 2.24) is 10.2 Å². The van der Waals surface area contributed by atoms with Crippen molar-refractivity contribution in [3.8, 4) is 0 Å². The molecule has 1 fully saturated rings. The van der Waals surface area contributed by atoms with Crippen molar-refractivity contribution in [2.24, 2.45) is 0 Å². The zero-order valence-electron chi connectivity index (χ0n) is 22.8. The smallest absolute Gasteiger partial charge is 0.0704 e. The van der Waals surface area contributed by atoms with Crippen LogP contribution in [-0.4, -0.2) is 157 Å². The predicted molar refractivity (Wildman–Crippen MR) is 137 cm³/mol. The summed E-state index contributed by atoms with van der Waals surface area (Å²) in [6.07, 6.45) is 2.55. The number of ether oxygens (including phenoxy) is 9. The lowest BCUT2D eigenvalue weighted by Gasteiger charge is -2.22. The summed E-state index contributed by atoms with van der Waals surface area (Å²) in [5, 5.41) is 3.33. The van der Waals surface area contributed by atoms with Gasteiger partial charge in [0.25, 0.3) is 0 Å². The minimum atomic E-state index is 0.379. The molecule has 1 N–H and O–H groups in total. The van der Waals surface area contributed by atoms with Crippen LogP contribution in [0.15, 0.2) is 0 Å². The van der Waals surface area contributed by atoms with E-state index in [4.69, 9.17) is 42.6 Å². The summed E-state index contributed by atoms with van der Waals surface area (Å²) >= 11 is 0. The van der Waals surface area contributed by atoms with Crippen LogP contribution in [0.25, 0.3) is 0 Å². The number of likely N-dealkylation sites (N-methyl/N-ethyl adjacent to an activating group) is 1. The fourth-order valence-electron chi connectivity index (χ4n) is 3.12. The average Bonchev–Trinajstić information content (AvgIpc) is 2.88. The van der Waals surface area contributed by atoms with Crippen molar-refractivity contribution in [2.75, 3.05) is 146 Å². The second kappa shape index (κ2) is 27.6. The molecule has 0 radical (unpaired) electrons. The van der Waals surface area contributed by atoms with Crippen LogP contribution >= 0.6 is 0 Å². The van der Waals surface area contributed by atoms with Crippen LogP contribution in [-0.2, 0) is 42.6 Å². The van der Waals surface area contributed by atoms with Gasteiger partial charge in [0, 0.05) is 6.54 Å². The Morgan fingerprint density at radius 3 is 1.11 bits per heavy atom. The summed E-state index contributed by atoms with van der Waals surface area (Å²) in [6, 6.07) is 0.